The van der Waals surface area contributed by atoms with Crippen molar-refractivity contribution in [2.24, 2.45) is 0 Å². The molecule has 0 saturated carbocycles. The Kier molecular flexibility index (Phi) is 5.31. The van der Waals surface area contributed by atoms with E-state index < -0.39 is 6.17 Å². The summed E-state index contributed by atoms with van der Waals surface area (Å²) in [5, 5.41) is 4.56. The molecule has 1 saturated heterocycles. The highest BCUT2D eigenvalue weighted by Gasteiger charge is 2.35. The van der Waals surface area contributed by atoms with Gasteiger partial charge in [0.25, 0.3) is 5.91 Å². The lowest BCUT2D eigenvalue weighted by molar-refractivity contribution is -0.119. The lowest BCUT2D eigenvalue weighted by Gasteiger charge is -2.30. The van der Waals surface area contributed by atoms with Crippen LogP contribution in [0.2, 0.25) is 0 Å². The number of nitrogens with zero attached hydrogens (tertiary/aromatic N) is 4. The van der Waals surface area contributed by atoms with Crippen LogP contribution in [-0.2, 0) is 17.6 Å². The van der Waals surface area contributed by atoms with Gasteiger partial charge >= 0.3 is 0 Å². The molecule has 1 aromatic heterocycles. The number of halogens is 1. The Morgan fingerprint density at radius 3 is 2.40 bits per heavy atom. The van der Waals surface area contributed by atoms with E-state index in [1.165, 1.54) is 6.92 Å². The van der Waals surface area contributed by atoms with Crippen LogP contribution in [0.1, 0.15) is 59.7 Å². The van der Waals surface area contributed by atoms with Gasteiger partial charge in [0, 0.05) is 42.9 Å². The smallest absolute Gasteiger partial charge is 0.277 e. The van der Waals surface area contributed by atoms with Crippen molar-refractivity contribution in [3.8, 4) is 11.4 Å². The summed E-state index contributed by atoms with van der Waals surface area (Å²) in [7, 11) is 0. The largest absolute Gasteiger partial charge is 0.493 e. The van der Waals surface area contributed by atoms with Crippen LogP contribution < -0.4 is 14.5 Å². The van der Waals surface area contributed by atoms with E-state index in [2.05, 4.69) is 5.10 Å². The second-order valence-corrected chi connectivity index (χ2v) is 9.36. The van der Waals surface area contributed by atoms with Gasteiger partial charge in [-0.15, -0.1) is 0 Å². The van der Waals surface area contributed by atoms with Crippen molar-refractivity contribution in [2.75, 3.05) is 29.5 Å². The van der Waals surface area contributed by atoms with Crippen LogP contribution in [0.15, 0.2) is 42.5 Å². The van der Waals surface area contributed by atoms with Crippen LogP contribution in [0.5, 0.6) is 5.75 Å². The van der Waals surface area contributed by atoms with E-state index in [4.69, 9.17) is 4.74 Å². The molecule has 0 aliphatic carbocycles. The van der Waals surface area contributed by atoms with Crippen molar-refractivity contribution in [3.05, 3.63) is 65.0 Å². The molecule has 7 nitrogen and oxygen atoms in total. The zero-order valence-electron chi connectivity index (χ0n) is 19.7. The van der Waals surface area contributed by atoms with Gasteiger partial charge in [-0.3, -0.25) is 9.59 Å². The number of hydrogen-bond donors (Lipinski definition) is 0. The van der Waals surface area contributed by atoms with Gasteiger partial charge in [0.05, 0.1) is 12.3 Å². The SMILES string of the molecule is CC(F)c1nn(-c2ccc3c(c2)CCO3)c2c1CCN(c1ccc(N3CCCCC3=O)cc1)C2=O. The molecule has 4 heterocycles. The fraction of sp³-hybridized carbons (Fsp3) is 0.370. The van der Waals surface area contributed by atoms with Crippen LogP contribution >= 0.6 is 0 Å². The lowest BCUT2D eigenvalue weighted by Crippen LogP contribution is -2.39. The molecule has 2 aromatic carbocycles. The Balaban J connectivity index is 1.35. The molecule has 1 atom stereocenters. The van der Waals surface area contributed by atoms with Gasteiger partial charge in [-0.2, -0.15) is 5.10 Å². The summed E-state index contributed by atoms with van der Waals surface area (Å²) in [5.41, 5.74) is 4.79. The van der Waals surface area contributed by atoms with Crippen LogP contribution in [0.3, 0.4) is 0 Å². The molecule has 0 bridgehead atoms. The molecular formula is C27H27FN4O3. The highest BCUT2D eigenvalue weighted by molar-refractivity contribution is 6.07. The molecule has 1 unspecified atom stereocenters. The number of carbonyl (C=O) groups excluding carboxylic acids is 2. The third-order valence-electron chi connectivity index (χ3n) is 7.14. The molecule has 8 heteroatoms. The maximum absolute atomic E-state index is 14.5. The van der Waals surface area contributed by atoms with E-state index in [-0.39, 0.29) is 11.8 Å². The van der Waals surface area contributed by atoms with Gasteiger partial charge in [-0.25, -0.2) is 9.07 Å². The molecule has 0 radical (unpaired) electrons. The van der Waals surface area contributed by atoms with E-state index >= 15 is 0 Å². The molecule has 3 aliphatic rings. The van der Waals surface area contributed by atoms with Crippen molar-refractivity contribution in [3.63, 3.8) is 0 Å². The summed E-state index contributed by atoms with van der Waals surface area (Å²) in [6.45, 7) is 3.26. The standard InChI is InChI=1S/C27H27FN4O3/c1-17(28)25-22-11-14-31(20-7-5-19(6-8-20)30-13-3-2-4-24(30)33)27(34)26(22)32(29-25)21-9-10-23-18(16-21)12-15-35-23/h5-10,16-17H,2-4,11-15H2,1H3. The predicted molar refractivity (Wildman–Crippen MR) is 130 cm³/mol. The third-order valence-corrected chi connectivity index (χ3v) is 7.14. The van der Waals surface area contributed by atoms with Gasteiger partial charge in [-0.05, 0) is 74.2 Å². The van der Waals surface area contributed by atoms with Crippen molar-refractivity contribution in [1.29, 1.82) is 0 Å². The zero-order chi connectivity index (χ0) is 24.1. The lowest BCUT2D eigenvalue weighted by atomic mass is 10.0. The van der Waals surface area contributed by atoms with E-state index in [1.54, 1.807) is 9.58 Å². The molecule has 180 valence electrons. The number of anilines is 2. The number of carbonyl (C=O) groups is 2. The average molecular weight is 475 g/mol. The highest BCUT2D eigenvalue weighted by atomic mass is 19.1. The van der Waals surface area contributed by atoms with Gasteiger partial charge in [0.15, 0.2) is 0 Å². The first kappa shape index (κ1) is 21.8. The molecular weight excluding hydrogens is 447 g/mol. The first-order valence-corrected chi connectivity index (χ1v) is 12.3. The van der Waals surface area contributed by atoms with Gasteiger partial charge < -0.3 is 14.5 Å². The second kappa shape index (κ2) is 8.52. The summed E-state index contributed by atoms with van der Waals surface area (Å²) in [6, 6.07) is 13.3. The number of ether oxygens (including phenoxy) is 1. The van der Waals surface area contributed by atoms with E-state index in [0.717, 1.165) is 54.2 Å². The first-order valence-electron chi connectivity index (χ1n) is 12.3. The highest BCUT2D eigenvalue weighted by Crippen LogP contribution is 2.34. The van der Waals surface area contributed by atoms with Crippen LogP contribution in [-0.4, -0.2) is 41.3 Å². The Morgan fingerprint density at radius 1 is 0.914 bits per heavy atom. The monoisotopic (exact) mass is 474 g/mol. The summed E-state index contributed by atoms with van der Waals surface area (Å²) in [4.78, 5) is 29.6. The molecule has 1 fully saturated rings. The molecule has 3 aromatic rings. The fourth-order valence-electron chi connectivity index (χ4n) is 5.34. The Hall–Kier alpha value is -3.68. The van der Waals surface area contributed by atoms with E-state index in [9.17, 15) is 14.0 Å². The second-order valence-electron chi connectivity index (χ2n) is 9.36. The maximum Gasteiger partial charge on any atom is 0.277 e. The maximum atomic E-state index is 14.5. The number of aromatic nitrogens is 2. The predicted octanol–water partition coefficient (Wildman–Crippen LogP) is 4.56. The Bertz CT molecular complexity index is 1310. The topological polar surface area (TPSA) is 67.7 Å². The van der Waals surface area contributed by atoms with E-state index in [0.29, 0.717) is 42.9 Å². The number of rotatable bonds is 4. The quantitative estimate of drug-likeness (QED) is 0.556. The minimum absolute atomic E-state index is 0.138. The van der Waals surface area contributed by atoms with E-state index in [1.807, 2.05) is 47.4 Å². The van der Waals surface area contributed by atoms with Crippen molar-refractivity contribution < 1.29 is 18.7 Å². The molecule has 2 amide bonds. The minimum atomic E-state index is -1.27. The van der Waals surface area contributed by atoms with Crippen molar-refractivity contribution >= 4 is 23.2 Å². The molecule has 0 spiro atoms. The first-order chi connectivity index (χ1) is 17.0. The van der Waals surface area contributed by atoms with Crippen LogP contribution in [0.25, 0.3) is 5.69 Å². The Labute approximate surface area is 203 Å². The summed E-state index contributed by atoms with van der Waals surface area (Å²) in [5.74, 6) is 0.775. The van der Waals surface area contributed by atoms with Gasteiger partial charge in [0.2, 0.25) is 5.91 Å². The summed E-state index contributed by atoms with van der Waals surface area (Å²) < 4.78 is 21.7. The average Bonchev–Trinajstić information content (AvgIpc) is 3.50. The zero-order valence-corrected chi connectivity index (χ0v) is 19.7. The van der Waals surface area contributed by atoms with Gasteiger partial charge in [0.1, 0.15) is 23.3 Å². The number of alkyl halides is 1. The molecule has 3 aliphatic heterocycles. The molecule has 35 heavy (non-hydrogen) atoms. The Morgan fingerprint density at radius 2 is 1.66 bits per heavy atom. The number of benzene rings is 2. The van der Waals surface area contributed by atoms with Crippen molar-refractivity contribution in [2.45, 2.75) is 45.2 Å². The molecule has 6 rings (SSSR count). The van der Waals surface area contributed by atoms with Crippen LogP contribution in [0.4, 0.5) is 15.8 Å². The number of piperidine rings is 1. The normalized spacial score (nSPS) is 18.3. The summed E-state index contributed by atoms with van der Waals surface area (Å²) in [6.07, 6.45) is 2.54. The summed E-state index contributed by atoms with van der Waals surface area (Å²) >= 11 is 0. The third kappa shape index (κ3) is 3.68. The van der Waals surface area contributed by atoms with Gasteiger partial charge in [-0.1, -0.05) is 0 Å². The number of amides is 2. The number of fused-ring (bicyclic) bond motifs is 2. The van der Waals surface area contributed by atoms with Crippen molar-refractivity contribution in [1.82, 2.24) is 9.78 Å². The van der Waals surface area contributed by atoms with Crippen LogP contribution in [0, 0.1) is 0 Å². The molecule has 0 N–H and O–H groups in total. The fourth-order valence-corrected chi connectivity index (χ4v) is 5.34. The minimum Gasteiger partial charge on any atom is -0.493 e. The number of hydrogen-bond acceptors (Lipinski definition) is 4.